The van der Waals surface area contributed by atoms with Crippen molar-refractivity contribution in [2.45, 2.75) is 44.7 Å². The fourth-order valence-corrected chi connectivity index (χ4v) is 5.01. The van der Waals surface area contributed by atoms with E-state index in [2.05, 4.69) is 61.2 Å². The molecule has 9 nitrogen and oxygen atoms in total. The number of nitrogens with two attached hydrogens (primary N) is 1. The van der Waals surface area contributed by atoms with Gasteiger partial charge in [0.25, 0.3) is 0 Å². The molecule has 0 bridgehead atoms. The summed E-state index contributed by atoms with van der Waals surface area (Å²) in [7, 11) is 0. The van der Waals surface area contributed by atoms with E-state index >= 15 is 0 Å². The van der Waals surface area contributed by atoms with E-state index in [0.29, 0.717) is 28.9 Å². The number of nitrogens with zero attached hydrogens (tertiary/aromatic N) is 5. The Balaban J connectivity index is 1.38. The number of aromatic nitrogens is 4. The van der Waals surface area contributed by atoms with Crippen molar-refractivity contribution >= 4 is 28.4 Å². The van der Waals surface area contributed by atoms with E-state index in [1.54, 1.807) is 12.4 Å². The van der Waals surface area contributed by atoms with Crippen LogP contribution in [0.15, 0.2) is 53.3 Å². The minimum absolute atomic E-state index is 0.246. The lowest BCUT2D eigenvalue weighted by molar-refractivity contribution is 0.0776. The third-order valence-electron chi connectivity index (χ3n) is 6.67. The van der Waals surface area contributed by atoms with Crippen molar-refractivity contribution in [1.82, 2.24) is 25.4 Å². The second kappa shape index (κ2) is 11.1. The van der Waals surface area contributed by atoms with Gasteiger partial charge >= 0.3 is 0 Å². The van der Waals surface area contributed by atoms with Gasteiger partial charge in [0.15, 0.2) is 11.5 Å². The maximum absolute atomic E-state index is 9.50. The lowest BCUT2D eigenvalue weighted by Gasteiger charge is -2.23. The summed E-state index contributed by atoms with van der Waals surface area (Å²) in [6.07, 6.45) is 5.37. The zero-order valence-corrected chi connectivity index (χ0v) is 23.4. The zero-order valence-electron chi connectivity index (χ0n) is 21.2. The lowest BCUT2D eigenvalue weighted by Crippen LogP contribution is -2.34. The summed E-state index contributed by atoms with van der Waals surface area (Å²) in [6, 6.07) is 14.8. The molecule has 1 aliphatic heterocycles. The third kappa shape index (κ3) is 5.55. The van der Waals surface area contributed by atoms with E-state index in [-0.39, 0.29) is 5.82 Å². The molecule has 1 saturated heterocycles. The van der Waals surface area contributed by atoms with Crippen LogP contribution in [0.3, 0.4) is 0 Å². The molecule has 4 heterocycles. The molecule has 1 aromatic carbocycles. The minimum Gasteiger partial charge on any atom is -0.382 e. The predicted molar refractivity (Wildman–Crippen MR) is 153 cm³/mol. The second-order valence-corrected chi connectivity index (χ2v) is 10.9. The first-order chi connectivity index (χ1) is 18.4. The third-order valence-corrected chi connectivity index (χ3v) is 7.67. The Morgan fingerprint density at radius 3 is 2.61 bits per heavy atom. The first kappa shape index (κ1) is 26.2. The number of nitrogens with one attached hydrogen (secondary N) is 1. The topological polar surface area (TPSA) is 136 Å². The molecule has 0 saturated carbocycles. The average molecular weight is 621 g/mol. The minimum atomic E-state index is -0.730. The standard InChI is InChI=1S/C28H28IN7O2/c1-28(2,16-30)22-13-19(7-10-32-22)21-15-34-27(31)25(35-21)26-23(29)24(36-38-26)18-5-3-17(4-6-18)14-33-20-8-11-37-12-9-20/h3-7,10,13,15,20,33H,8-9,11-12,14H2,1-2H3,(H2,31,34). The molecular formula is C28H28IN7O2. The molecule has 1 aliphatic rings. The van der Waals surface area contributed by atoms with Gasteiger partial charge in [0, 0.05) is 43.1 Å². The van der Waals surface area contributed by atoms with Crippen molar-refractivity contribution in [2.75, 3.05) is 18.9 Å². The molecule has 5 rings (SSSR count). The second-order valence-electron chi connectivity index (χ2n) is 9.79. The number of ether oxygens (including phenoxy) is 1. The fraction of sp³-hybridized carbons (Fsp3) is 0.321. The molecule has 1 fully saturated rings. The Morgan fingerprint density at radius 2 is 1.87 bits per heavy atom. The van der Waals surface area contributed by atoms with Gasteiger partial charge in [0.1, 0.15) is 5.69 Å². The maximum atomic E-state index is 9.50. The van der Waals surface area contributed by atoms with Gasteiger partial charge in [-0.05, 0) is 67.0 Å². The summed E-state index contributed by atoms with van der Waals surface area (Å²) in [4.78, 5) is 13.5. The summed E-state index contributed by atoms with van der Waals surface area (Å²) in [5.74, 6) is 0.708. The summed E-state index contributed by atoms with van der Waals surface area (Å²) in [5, 5.41) is 17.4. The quantitative estimate of drug-likeness (QED) is 0.270. The van der Waals surface area contributed by atoms with Crippen LogP contribution in [0.25, 0.3) is 34.0 Å². The number of nitrogen functional groups attached to an aromatic ring is 1. The van der Waals surface area contributed by atoms with Crippen LogP contribution < -0.4 is 11.1 Å². The first-order valence-electron chi connectivity index (χ1n) is 12.4. The van der Waals surface area contributed by atoms with Crippen molar-refractivity contribution in [3.05, 3.63) is 63.6 Å². The normalized spacial score (nSPS) is 14.4. The highest BCUT2D eigenvalue weighted by atomic mass is 127. The van der Waals surface area contributed by atoms with Gasteiger partial charge in [0.2, 0.25) is 5.76 Å². The molecule has 0 atom stereocenters. The van der Waals surface area contributed by atoms with Crippen LogP contribution in [-0.2, 0) is 16.7 Å². The number of halogens is 1. The fourth-order valence-electron chi connectivity index (χ4n) is 4.24. The molecule has 0 amide bonds. The number of rotatable bonds is 7. The highest BCUT2D eigenvalue weighted by Crippen LogP contribution is 2.35. The first-order valence-corrected chi connectivity index (χ1v) is 13.5. The van der Waals surface area contributed by atoms with E-state index in [1.165, 1.54) is 5.56 Å². The molecule has 0 radical (unpaired) electrons. The SMILES string of the molecule is CC(C)(C#N)c1cc(-c2cnc(N)c(-c3onc(-c4ccc(CNC5CCOCC5)cc4)c3I)n2)ccn1. The molecule has 0 aliphatic carbocycles. The molecule has 4 aromatic rings. The molecule has 0 spiro atoms. The van der Waals surface area contributed by atoms with Crippen LogP contribution in [0, 0.1) is 14.9 Å². The van der Waals surface area contributed by atoms with Gasteiger partial charge in [-0.3, -0.25) is 4.98 Å². The Morgan fingerprint density at radius 1 is 1.11 bits per heavy atom. The summed E-state index contributed by atoms with van der Waals surface area (Å²) in [6.45, 7) is 6.11. The van der Waals surface area contributed by atoms with Gasteiger partial charge in [-0.15, -0.1) is 0 Å². The zero-order chi connectivity index (χ0) is 26.7. The monoisotopic (exact) mass is 621 g/mol. The number of benzene rings is 1. The molecule has 10 heteroatoms. The summed E-state index contributed by atoms with van der Waals surface area (Å²) >= 11 is 2.21. The Bertz CT molecular complexity index is 1470. The Hall–Kier alpha value is -3.40. The highest BCUT2D eigenvalue weighted by Gasteiger charge is 2.24. The molecule has 3 N–H and O–H groups in total. The van der Waals surface area contributed by atoms with Crippen LogP contribution in [-0.4, -0.2) is 39.4 Å². The van der Waals surface area contributed by atoms with Crippen LogP contribution >= 0.6 is 22.6 Å². The van der Waals surface area contributed by atoms with Gasteiger partial charge in [-0.2, -0.15) is 5.26 Å². The van der Waals surface area contributed by atoms with Crippen LogP contribution in [0.5, 0.6) is 0 Å². The van der Waals surface area contributed by atoms with E-state index in [9.17, 15) is 5.26 Å². The number of hydrogen-bond acceptors (Lipinski definition) is 9. The van der Waals surface area contributed by atoms with Gasteiger partial charge in [0.05, 0.1) is 32.6 Å². The maximum Gasteiger partial charge on any atom is 0.202 e. The van der Waals surface area contributed by atoms with Gasteiger partial charge in [-0.25, -0.2) is 9.97 Å². The van der Waals surface area contributed by atoms with E-state index < -0.39 is 5.41 Å². The molecule has 194 valence electrons. The Kier molecular flexibility index (Phi) is 7.69. The van der Waals surface area contributed by atoms with Gasteiger partial charge in [-0.1, -0.05) is 29.4 Å². The highest BCUT2D eigenvalue weighted by molar-refractivity contribution is 14.1. The van der Waals surface area contributed by atoms with Crippen molar-refractivity contribution < 1.29 is 9.26 Å². The number of nitriles is 1. The predicted octanol–water partition coefficient (Wildman–Crippen LogP) is 5.12. The summed E-state index contributed by atoms with van der Waals surface area (Å²) in [5.41, 5.74) is 10.8. The average Bonchev–Trinajstić information content (AvgIpc) is 3.34. The molecular weight excluding hydrogens is 593 g/mol. The van der Waals surface area contributed by atoms with E-state index in [1.807, 2.05) is 38.1 Å². The molecule has 3 aromatic heterocycles. The molecule has 0 unspecified atom stereocenters. The lowest BCUT2D eigenvalue weighted by atomic mass is 9.90. The van der Waals surface area contributed by atoms with E-state index in [4.69, 9.17) is 20.0 Å². The smallest absolute Gasteiger partial charge is 0.202 e. The number of anilines is 1. The molecule has 38 heavy (non-hydrogen) atoms. The summed E-state index contributed by atoms with van der Waals surface area (Å²) < 4.78 is 12.0. The van der Waals surface area contributed by atoms with Crippen molar-refractivity contribution in [1.29, 1.82) is 5.26 Å². The largest absolute Gasteiger partial charge is 0.382 e. The number of pyridine rings is 1. The van der Waals surface area contributed by atoms with Crippen molar-refractivity contribution in [2.24, 2.45) is 0 Å². The van der Waals surface area contributed by atoms with Crippen LogP contribution in [0.1, 0.15) is 37.9 Å². The van der Waals surface area contributed by atoms with Crippen molar-refractivity contribution in [3.63, 3.8) is 0 Å². The van der Waals surface area contributed by atoms with Crippen LogP contribution in [0.2, 0.25) is 0 Å². The number of hydrogen-bond donors (Lipinski definition) is 2. The van der Waals surface area contributed by atoms with Crippen LogP contribution in [0.4, 0.5) is 5.82 Å². The Labute approximate surface area is 235 Å². The van der Waals surface area contributed by atoms with Crippen molar-refractivity contribution in [3.8, 4) is 40.0 Å². The van der Waals surface area contributed by atoms with E-state index in [0.717, 1.165) is 53.0 Å². The van der Waals surface area contributed by atoms with Gasteiger partial charge < -0.3 is 20.3 Å².